The predicted molar refractivity (Wildman–Crippen MR) is 71.7 cm³/mol. The quantitative estimate of drug-likeness (QED) is 0.839. The number of nitrogens with zero attached hydrogens (tertiary/aromatic N) is 1. The van der Waals surface area contributed by atoms with Crippen molar-refractivity contribution in [1.82, 2.24) is 10.6 Å². The zero-order chi connectivity index (χ0) is 13.3. The number of amides is 1. The van der Waals surface area contributed by atoms with E-state index in [9.17, 15) is 4.79 Å². The van der Waals surface area contributed by atoms with E-state index >= 15 is 0 Å². The molecule has 1 unspecified atom stereocenters. The lowest BCUT2D eigenvalue weighted by Crippen LogP contribution is -2.47. The van der Waals surface area contributed by atoms with Crippen molar-refractivity contribution >= 4 is 11.9 Å². The average Bonchev–Trinajstić information content (AvgIpc) is 3.17. The van der Waals surface area contributed by atoms with Gasteiger partial charge in [0.05, 0.1) is 12.6 Å². The second-order valence-corrected chi connectivity index (χ2v) is 4.99. The van der Waals surface area contributed by atoms with Crippen molar-refractivity contribution in [2.75, 3.05) is 13.7 Å². The van der Waals surface area contributed by atoms with Crippen molar-refractivity contribution < 1.29 is 9.53 Å². The van der Waals surface area contributed by atoms with E-state index in [0.717, 1.165) is 18.4 Å². The number of hydrogen-bond acceptors (Lipinski definition) is 3. The van der Waals surface area contributed by atoms with Gasteiger partial charge in [0.1, 0.15) is 0 Å². The summed E-state index contributed by atoms with van der Waals surface area (Å²) in [5.74, 6) is 0.452. The molecule has 0 spiro atoms. The molecule has 5 nitrogen and oxygen atoms in total. The van der Waals surface area contributed by atoms with Crippen LogP contribution in [0.4, 0.5) is 0 Å². The van der Waals surface area contributed by atoms with Crippen LogP contribution in [0.3, 0.4) is 0 Å². The monoisotopic (exact) mass is 259 g/mol. The molecule has 2 fully saturated rings. The van der Waals surface area contributed by atoms with Crippen LogP contribution >= 0.6 is 0 Å². The highest BCUT2D eigenvalue weighted by Gasteiger charge is 2.47. The molecule has 5 heteroatoms. The molecule has 2 N–H and O–H groups in total. The maximum Gasteiger partial charge on any atom is 0.259 e. The molecule has 19 heavy (non-hydrogen) atoms. The maximum atomic E-state index is 12.4. The summed E-state index contributed by atoms with van der Waals surface area (Å²) in [5.41, 5.74) is 0.0133. The lowest BCUT2D eigenvalue weighted by Gasteiger charge is -2.25. The van der Waals surface area contributed by atoms with Gasteiger partial charge in [0.25, 0.3) is 5.91 Å². The second-order valence-electron chi connectivity index (χ2n) is 4.99. The number of benzene rings is 1. The average molecular weight is 259 g/mol. The van der Waals surface area contributed by atoms with Gasteiger partial charge in [-0.25, -0.2) is 4.99 Å². The number of rotatable bonds is 4. The molecule has 100 valence electrons. The standard InChI is InChI=1S/C14H17N3O2/c1-19-9-14(10-5-3-2-4-6-10)12(18)16-13(17-14)15-11-7-8-11/h2-6,11H,7-9H2,1H3,(H2,15,16,17,18). The van der Waals surface area contributed by atoms with E-state index in [1.54, 1.807) is 7.11 Å². The molecule has 1 aliphatic carbocycles. The fourth-order valence-corrected chi connectivity index (χ4v) is 2.28. The fourth-order valence-electron chi connectivity index (χ4n) is 2.28. The third kappa shape index (κ3) is 2.21. The van der Waals surface area contributed by atoms with Gasteiger partial charge < -0.3 is 10.1 Å². The first-order valence-corrected chi connectivity index (χ1v) is 6.46. The van der Waals surface area contributed by atoms with Gasteiger partial charge in [0, 0.05) is 7.11 Å². The minimum atomic E-state index is -0.871. The largest absolute Gasteiger partial charge is 0.381 e. The first kappa shape index (κ1) is 12.2. The van der Waals surface area contributed by atoms with Crippen molar-refractivity contribution in [3.8, 4) is 0 Å². The van der Waals surface area contributed by atoms with Crippen LogP contribution in [0.1, 0.15) is 18.4 Å². The van der Waals surface area contributed by atoms with E-state index in [4.69, 9.17) is 4.74 Å². The summed E-state index contributed by atoms with van der Waals surface area (Å²) in [6, 6.07) is 9.96. The number of carbonyl (C=O) groups is 1. The van der Waals surface area contributed by atoms with Gasteiger partial charge in [-0.1, -0.05) is 30.3 Å². The lowest BCUT2D eigenvalue weighted by molar-refractivity contribution is -0.126. The molecule has 1 atom stereocenters. The minimum absolute atomic E-state index is 0.111. The van der Waals surface area contributed by atoms with Crippen LogP contribution in [0.15, 0.2) is 35.3 Å². The van der Waals surface area contributed by atoms with Crippen LogP contribution in [0.2, 0.25) is 0 Å². The summed E-state index contributed by atoms with van der Waals surface area (Å²) in [6.45, 7) is 0.270. The van der Waals surface area contributed by atoms with E-state index in [1.807, 2.05) is 30.3 Å². The van der Waals surface area contributed by atoms with Gasteiger partial charge in [0.2, 0.25) is 0 Å². The van der Waals surface area contributed by atoms with Crippen molar-refractivity contribution in [3.05, 3.63) is 35.9 Å². The Morgan fingerprint density at radius 3 is 2.74 bits per heavy atom. The smallest absolute Gasteiger partial charge is 0.259 e. The van der Waals surface area contributed by atoms with Crippen LogP contribution < -0.4 is 10.6 Å². The number of methoxy groups -OCH3 is 1. The molecule has 1 aromatic carbocycles. The molecule has 1 saturated heterocycles. The molecule has 1 aliphatic heterocycles. The molecule has 1 amide bonds. The van der Waals surface area contributed by atoms with Crippen LogP contribution in [0, 0.1) is 0 Å². The van der Waals surface area contributed by atoms with E-state index in [-0.39, 0.29) is 12.5 Å². The topological polar surface area (TPSA) is 62.7 Å². The van der Waals surface area contributed by atoms with Crippen molar-refractivity contribution in [2.45, 2.75) is 24.4 Å². The number of ether oxygens (including phenoxy) is 1. The Morgan fingerprint density at radius 1 is 1.37 bits per heavy atom. The third-order valence-electron chi connectivity index (χ3n) is 3.44. The summed E-state index contributed by atoms with van der Waals surface area (Å²) < 4.78 is 5.24. The number of carbonyl (C=O) groups excluding carboxylic acids is 1. The zero-order valence-electron chi connectivity index (χ0n) is 10.8. The number of guanidine groups is 1. The maximum absolute atomic E-state index is 12.4. The Balaban J connectivity index is 1.94. The van der Waals surface area contributed by atoms with Crippen molar-refractivity contribution in [3.63, 3.8) is 0 Å². The predicted octanol–water partition coefficient (Wildman–Crippen LogP) is 0.766. The van der Waals surface area contributed by atoms with E-state index in [1.165, 1.54) is 0 Å². The normalized spacial score (nSPS) is 28.3. The minimum Gasteiger partial charge on any atom is -0.381 e. The Hall–Kier alpha value is -1.88. The molecular formula is C14H17N3O2. The molecular weight excluding hydrogens is 242 g/mol. The van der Waals surface area contributed by atoms with Gasteiger partial charge in [-0.3, -0.25) is 10.1 Å². The van der Waals surface area contributed by atoms with Gasteiger partial charge in [-0.05, 0) is 18.4 Å². The molecule has 0 radical (unpaired) electrons. The number of aliphatic imine (C=N–C) groups is 1. The van der Waals surface area contributed by atoms with Crippen LogP contribution in [-0.4, -0.2) is 31.6 Å². The zero-order valence-corrected chi connectivity index (χ0v) is 10.8. The Bertz CT molecular complexity index is 511. The Kier molecular flexibility index (Phi) is 2.98. The van der Waals surface area contributed by atoms with Gasteiger partial charge in [0.15, 0.2) is 11.5 Å². The molecule has 0 bridgehead atoms. The van der Waals surface area contributed by atoms with Gasteiger partial charge in [-0.15, -0.1) is 0 Å². The summed E-state index contributed by atoms with van der Waals surface area (Å²) >= 11 is 0. The summed E-state index contributed by atoms with van der Waals surface area (Å²) in [7, 11) is 1.59. The fraction of sp³-hybridized carbons (Fsp3) is 0.429. The summed E-state index contributed by atoms with van der Waals surface area (Å²) in [4.78, 5) is 16.8. The Labute approximate surface area is 112 Å². The highest BCUT2D eigenvalue weighted by Crippen LogP contribution is 2.28. The van der Waals surface area contributed by atoms with Crippen molar-refractivity contribution in [1.29, 1.82) is 0 Å². The van der Waals surface area contributed by atoms with E-state index < -0.39 is 5.54 Å². The van der Waals surface area contributed by atoms with E-state index in [2.05, 4.69) is 15.6 Å². The molecule has 1 heterocycles. The van der Waals surface area contributed by atoms with Crippen LogP contribution in [-0.2, 0) is 15.1 Å². The van der Waals surface area contributed by atoms with Gasteiger partial charge in [-0.2, -0.15) is 0 Å². The molecule has 1 saturated carbocycles. The SMILES string of the molecule is COCC1(c2ccccc2)NC(=NC2CC2)NC1=O. The molecule has 1 aromatic rings. The van der Waals surface area contributed by atoms with Crippen LogP contribution in [0.25, 0.3) is 0 Å². The van der Waals surface area contributed by atoms with Gasteiger partial charge >= 0.3 is 0 Å². The Morgan fingerprint density at radius 2 is 2.11 bits per heavy atom. The lowest BCUT2D eigenvalue weighted by atomic mass is 9.91. The highest BCUT2D eigenvalue weighted by molar-refractivity contribution is 6.09. The summed E-state index contributed by atoms with van der Waals surface area (Å²) in [5, 5.41) is 6.03. The van der Waals surface area contributed by atoms with Crippen LogP contribution in [0.5, 0.6) is 0 Å². The van der Waals surface area contributed by atoms with Crippen molar-refractivity contribution in [2.24, 2.45) is 4.99 Å². The van der Waals surface area contributed by atoms with E-state index in [0.29, 0.717) is 12.0 Å². The first-order valence-electron chi connectivity index (χ1n) is 6.46. The molecule has 0 aromatic heterocycles. The number of nitrogens with one attached hydrogen (secondary N) is 2. The molecule has 2 aliphatic rings. The third-order valence-corrected chi connectivity index (χ3v) is 3.44. The number of hydrogen-bond donors (Lipinski definition) is 2. The second kappa shape index (κ2) is 4.66. The highest BCUT2D eigenvalue weighted by atomic mass is 16.5. The molecule has 3 rings (SSSR count). The summed E-state index contributed by atoms with van der Waals surface area (Å²) in [6.07, 6.45) is 2.20. The first-order chi connectivity index (χ1) is 9.24.